The van der Waals surface area contributed by atoms with E-state index in [4.69, 9.17) is 16.9 Å². The SMILES string of the molecule is CSc1ccc(-c2ncc(C#N)c(Cl)n2)cc1. The standard InChI is InChI=1S/C12H8ClN3S/c1-17-10-4-2-8(3-5-10)12-15-7-9(6-14)11(13)16-12/h2-5,7H,1H3. The Hall–Kier alpha value is -1.57. The maximum absolute atomic E-state index is 8.73. The molecule has 0 radical (unpaired) electrons. The number of aromatic nitrogens is 2. The van der Waals surface area contributed by atoms with Crippen LogP contribution in [0.4, 0.5) is 0 Å². The van der Waals surface area contributed by atoms with E-state index < -0.39 is 0 Å². The first-order valence-corrected chi connectivity index (χ1v) is 6.42. The lowest BCUT2D eigenvalue weighted by Crippen LogP contribution is -1.91. The van der Waals surface area contributed by atoms with Gasteiger partial charge in [0.25, 0.3) is 0 Å². The van der Waals surface area contributed by atoms with Crippen LogP contribution in [0.25, 0.3) is 11.4 Å². The van der Waals surface area contributed by atoms with Gasteiger partial charge in [0.1, 0.15) is 11.6 Å². The van der Waals surface area contributed by atoms with Crippen molar-refractivity contribution in [2.45, 2.75) is 4.90 Å². The lowest BCUT2D eigenvalue weighted by Gasteiger charge is -2.02. The van der Waals surface area contributed by atoms with Gasteiger partial charge in [-0.25, -0.2) is 9.97 Å². The zero-order chi connectivity index (χ0) is 12.3. The second kappa shape index (κ2) is 5.17. The second-order valence-corrected chi connectivity index (χ2v) is 4.48. The fourth-order valence-electron chi connectivity index (χ4n) is 1.32. The minimum atomic E-state index is 0.187. The van der Waals surface area contributed by atoms with Crippen LogP contribution in [0.3, 0.4) is 0 Å². The van der Waals surface area contributed by atoms with E-state index in [0.717, 1.165) is 5.56 Å². The molecule has 0 fully saturated rings. The number of benzene rings is 1. The molecule has 0 aliphatic carbocycles. The molecular formula is C12H8ClN3S. The summed E-state index contributed by atoms with van der Waals surface area (Å²) in [5.41, 5.74) is 1.17. The first-order valence-electron chi connectivity index (χ1n) is 4.81. The van der Waals surface area contributed by atoms with Gasteiger partial charge in [-0.15, -0.1) is 11.8 Å². The van der Waals surface area contributed by atoms with Crippen LogP contribution in [0.1, 0.15) is 5.56 Å². The van der Waals surface area contributed by atoms with Crippen LogP contribution in [0.5, 0.6) is 0 Å². The third-order valence-electron chi connectivity index (χ3n) is 2.21. The highest BCUT2D eigenvalue weighted by molar-refractivity contribution is 7.98. The summed E-state index contributed by atoms with van der Waals surface area (Å²) < 4.78 is 0. The molecule has 0 saturated carbocycles. The minimum absolute atomic E-state index is 0.187. The minimum Gasteiger partial charge on any atom is -0.235 e. The van der Waals surface area contributed by atoms with Crippen molar-refractivity contribution >= 4 is 23.4 Å². The van der Waals surface area contributed by atoms with E-state index in [2.05, 4.69) is 9.97 Å². The maximum atomic E-state index is 8.73. The lowest BCUT2D eigenvalue weighted by atomic mass is 10.2. The van der Waals surface area contributed by atoms with Crippen molar-refractivity contribution in [3.8, 4) is 17.5 Å². The quantitative estimate of drug-likeness (QED) is 0.614. The fourth-order valence-corrected chi connectivity index (χ4v) is 1.89. The summed E-state index contributed by atoms with van der Waals surface area (Å²) in [6.07, 6.45) is 3.46. The van der Waals surface area contributed by atoms with Gasteiger partial charge in [0, 0.05) is 10.5 Å². The summed E-state index contributed by atoms with van der Waals surface area (Å²) in [6, 6.07) is 9.79. The molecular weight excluding hydrogens is 254 g/mol. The molecule has 0 spiro atoms. The van der Waals surface area contributed by atoms with E-state index in [1.165, 1.54) is 11.1 Å². The monoisotopic (exact) mass is 261 g/mol. The summed E-state index contributed by atoms with van der Waals surface area (Å²) in [6.45, 7) is 0. The van der Waals surface area contributed by atoms with Crippen molar-refractivity contribution < 1.29 is 0 Å². The predicted molar refractivity (Wildman–Crippen MR) is 69.0 cm³/mol. The molecule has 0 bridgehead atoms. The maximum Gasteiger partial charge on any atom is 0.160 e. The van der Waals surface area contributed by atoms with Gasteiger partial charge in [0.2, 0.25) is 0 Å². The Morgan fingerprint density at radius 1 is 1.29 bits per heavy atom. The molecule has 0 atom stereocenters. The Kier molecular flexibility index (Phi) is 3.62. The summed E-state index contributed by atoms with van der Waals surface area (Å²) >= 11 is 7.53. The Morgan fingerprint density at radius 2 is 2.00 bits per heavy atom. The predicted octanol–water partition coefficient (Wildman–Crippen LogP) is 3.39. The molecule has 0 aliphatic heterocycles. The largest absolute Gasteiger partial charge is 0.235 e. The van der Waals surface area contributed by atoms with Crippen LogP contribution < -0.4 is 0 Å². The number of hydrogen-bond donors (Lipinski definition) is 0. The highest BCUT2D eigenvalue weighted by Gasteiger charge is 2.06. The number of rotatable bonds is 2. The second-order valence-electron chi connectivity index (χ2n) is 3.24. The highest BCUT2D eigenvalue weighted by atomic mass is 35.5. The number of halogens is 1. The zero-order valence-corrected chi connectivity index (χ0v) is 10.6. The van der Waals surface area contributed by atoms with Gasteiger partial charge in [-0.3, -0.25) is 0 Å². The number of thioether (sulfide) groups is 1. The zero-order valence-electron chi connectivity index (χ0n) is 9.01. The van der Waals surface area contributed by atoms with Gasteiger partial charge in [0.15, 0.2) is 11.0 Å². The Morgan fingerprint density at radius 3 is 2.53 bits per heavy atom. The lowest BCUT2D eigenvalue weighted by molar-refractivity contribution is 1.16. The molecule has 3 nitrogen and oxygen atoms in total. The number of hydrogen-bond acceptors (Lipinski definition) is 4. The van der Waals surface area contributed by atoms with Gasteiger partial charge in [0.05, 0.1) is 6.20 Å². The van der Waals surface area contributed by atoms with Crippen molar-refractivity contribution in [2.24, 2.45) is 0 Å². The molecule has 1 aromatic carbocycles. The van der Waals surface area contributed by atoms with Gasteiger partial charge in [-0.1, -0.05) is 23.7 Å². The van der Waals surface area contributed by atoms with E-state index in [1.807, 2.05) is 36.6 Å². The van der Waals surface area contributed by atoms with Crippen LogP contribution in [0, 0.1) is 11.3 Å². The highest BCUT2D eigenvalue weighted by Crippen LogP contribution is 2.22. The number of nitriles is 1. The van der Waals surface area contributed by atoms with E-state index in [1.54, 1.807) is 11.8 Å². The third-order valence-corrected chi connectivity index (χ3v) is 3.24. The van der Waals surface area contributed by atoms with Crippen molar-refractivity contribution in [3.05, 3.63) is 41.2 Å². The van der Waals surface area contributed by atoms with Crippen molar-refractivity contribution in [1.82, 2.24) is 9.97 Å². The molecule has 84 valence electrons. The van der Waals surface area contributed by atoms with Gasteiger partial charge < -0.3 is 0 Å². The Bertz CT molecular complexity index is 575. The average Bonchev–Trinajstić information content (AvgIpc) is 2.39. The molecule has 0 unspecified atom stereocenters. The molecule has 0 aliphatic rings. The van der Waals surface area contributed by atoms with E-state index >= 15 is 0 Å². The van der Waals surface area contributed by atoms with E-state index in [-0.39, 0.29) is 10.7 Å². The summed E-state index contributed by atoms with van der Waals surface area (Å²) in [7, 11) is 0. The smallest absolute Gasteiger partial charge is 0.160 e. The molecule has 0 amide bonds. The molecule has 5 heteroatoms. The van der Waals surface area contributed by atoms with E-state index in [0.29, 0.717) is 5.82 Å². The van der Waals surface area contributed by atoms with Crippen LogP contribution >= 0.6 is 23.4 Å². The summed E-state index contributed by atoms with van der Waals surface area (Å²) in [5.74, 6) is 0.529. The van der Waals surface area contributed by atoms with Gasteiger partial charge >= 0.3 is 0 Å². The summed E-state index contributed by atoms with van der Waals surface area (Å²) in [4.78, 5) is 9.38. The first kappa shape index (κ1) is 11.9. The normalized spacial score (nSPS) is 9.94. The molecule has 0 saturated heterocycles. The fraction of sp³-hybridized carbons (Fsp3) is 0.0833. The Labute approximate surface area is 108 Å². The average molecular weight is 262 g/mol. The van der Waals surface area contributed by atoms with Crippen LogP contribution in [-0.4, -0.2) is 16.2 Å². The molecule has 2 aromatic rings. The molecule has 1 aromatic heterocycles. The topological polar surface area (TPSA) is 49.6 Å². The molecule has 17 heavy (non-hydrogen) atoms. The van der Waals surface area contributed by atoms with Crippen molar-refractivity contribution in [3.63, 3.8) is 0 Å². The molecule has 0 N–H and O–H groups in total. The van der Waals surface area contributed by atoms with Crippen LogP contribution in [0.2, 0.25) is 5.15 Å². The summed E-state index contributed by atoms with van der Waals surface area (Å²) in [5, 5.41) is 8.92. The number of nitrogens with zero attached hydrogens (tertiary/aromatic N) is 3. The first-order chi connectivity index (χ1) is 8.24. The van der Waals surface area contributed by atoms with Crippen molar-refractivity contribution in [1.29, 1.82) is 5.26 Å². The van der Waals surface area contributed by atoms with Gasteiger partial charge in [-0.2, -0.15) is 5.26 Å². The van der Waals surface area contributed by atoms with Gasteiger partial charge in [-0.05, 0) is 18.4 Å². The van der Waals surface area contributed by atoms with Crippen LogP contribution in [0.15, 0.2) is 35.4 Å². The van der Waals surface area contributed by atoms with E-state index in [9.17, 15) is 0 Å². The van der Waals surface area contributed by atoms with Crippen LogP contribution in [-0.2, 0) is 0 Å². The third kappa shape index (κ3) is 2.57. The molecule has 1 heterocycles. The molecule has 2 rings (SSSR count). The Balaban J connectivity index is 2.40. The van der Waals surface area contributed by atoms with Crippen molar-refractivity contribution in [2.75, 3.05) is 6.26 Å².